The normalized spacial score (nSPS) is 12.8. The van der Waals surface area contributed by atoms with E-state index in [2.05, 4.69) is 40.9 Å². The van der Waals surface area contributed by atoms with Crippen molar-refractivity contribution < 1.29 is 4.79 Å². The maximum atomic E-state index is 12.0. The molecule has 0 fully saturated rings. The Morgan fingerprint density at radius 3 is 2.60 bits per heavy atom. The van der Waals surface area contributed by atoms with Crippen LogP contribution in [0.4, 0.5) is 5.69 Å². The molecule has 130 valence electrons. The van der Waals surface area contributed by atoms with Gasteiger partial charge >= 0.3 is 0 Å². The third-order valence-corrected chi connectivity index (χ3v) is 4.63. The van der Waals surface area contributed by atoms with Crippen molar-refractivity contribution in [2.24, 2.45) is 0 Å². The number of carbonyl (C=O) groups excluding carboxylic acids is 1. The Hall–Kier alpha value is -2.75. The highest BCUT2D eigenvalue weighted by molar-refractivity contribution is 5.81. The second-order valence-electron chi connectivity index (χ2n) is 6.51. The Labute approximate surface area is 149 Å². The predicted molar refractivity (Wildman–Crippen MR) is 103 cm³/mol. The van der Waals surface area contributed by atoms with Crippen molar-refractivity contribution in [3.8, 4) is 0 Å². The van der Waals surface area contributed by atoms with E-state index in [9.17, 15) is 4.79 Å². The number of amides is 1. The van der Waals surface area contributed by atoms with Crippen LogP contribution in [0.5, 0.6) is 0 Å². The molecule has 0 saturated heterocycles. The molecule has 2 aromatic rings. The minimum atomic E-state index is -0.137. The highest BCUT2D eigenvalue weighted by atomic mass is 16.2. The van der Waals surface area contributed by atoms with Gasteiger partial charge in [-0.05, 0) is 67.0 Å². The van der Waals surface area contributed by atoms with Crippen LogP contribution in [0.1, 0.15) is 35.1 Å². The number of anilines is 1. The Morgan fingerprint density at radius 2 is 1.80 bits per heavy atom. The zero-order valence-corrected chi connectivity index (χ0v) is 14.7. The third kappa shape index (κ3) is 4.41. The second-order valence-corrected chi connectivity index (χ2v) is 6.51. The number of benzene rings is 2. The Kier molecular flexibility index (Phi) is 5.39. The fraction of sp³-hybridized carbons (Fsp3) is 0.286. The molecule has 4 nitrogen and oxygen atoms in total. The number of hydrazine groups is 1. The minimum absolute atomic E-state index is 0.137. The summed E-state index contributed by atoms with van der Waals surface area (Å²) in [5, 5.41) is 3.14. The molecule has 1 aliphatic rings. The van der Waals surface area contributed by atoms with E-state index in [0.29, 0.717) is 5.70 Å². The van der Waals surface area contributed by atoms with Crippen LogP contribution in [0.25, 0.3) is 5.70 Å². The number of hydrogen-bond acceptors (Lipinski definition) is 3. The minimum Gasteiger partial charge on any atom is -0.376 e. The summed E-state index contributed by atoms with van der Waals surface area (Å²) < 4.78 is 0. The molecule has 0 spiro atoms. The molecule has 3 N–H and O–H groups in total. The summed E-state index contributed by atoms with van der Waals surface area (Å²) in [6, 6.07) is 14.3. The van der Waals surface area contributed by atoms with Gasteiger partial charge in [-0.3, -0.25) is 15.6 Å². The van der Waals surface area contributed by atoms with Gasteiger partial charge in [0.1, 0.15) is 0 Å². The first-order chi connectivity index (χ1) is 12.1. The van der Waals surface area contributed by atoms with Crippen molar-refractivity contribution in [1.82, 2.24) is 10.9 Å². The van der Waals surface area contributed by atoms with Crippen molar-refractivity contribution in [3.05, 3.63) is 71.3 Å². The number of para-hydroxylation sites is 1. The molecule has 3 rings (SSSR count). The average molecular weight is 335 g/mol. The lowest BCUT2D eigenvalue weighted by Gasteiger charge is -2.18. The van der Waals surface area contributed by atoms with Crippen LogP contribution >= 0.6 is 0 Å². The monoisotopic (exact) mass is 335 g/mol. The molecule has 0 aromatic heterocycles. The molecule has 0 heterocycles. The van der Waals surface area contributed by atoms with Gasteiger partial charge in [0.15, 0.2) is 0 Å². The van der Waals surface area contributed by atoms with Crippen LogP contribution in [-0.2, 0) is 17.6 Å². The smallest absolute Gasteiger partial charge is 0.257 e. The van der Waals surface area contributed by atoms with Crippen molar-refractivity contribution in [1.29, 1.82) is 0 Å². The summed E-state index contributed by atoms with van der Waals surface area (Å²) in [6.07, 6.45) is 4.81. The van der Waals surface area contributed by atoms with Gasteiger partial charge in [0.05, 0.1) is 12.2 Å². The quantitative estimate of drug-likeness (QED) is 0.707. The summed E-state index contributed by atoms with van der Waals surface area (Å²) in [5.41, 5.74) is 12.3. The summed E-state index contributed by atoms with van der Waals surface area (Å²) in [4.78, 5) is 12.0. The van der Waals surface area contributed by atoms with E-state index in [1.807, 2.05) is 31.2 Å². The second kappa shape index (κ2) is 7.88. The number of carbonyl (C=O) groups is 1. The van der Waals surface area contributed by atoms with E-state index in [-0.39, 0.29) is 12.5 Å². The molecule has 25 heavy (non-hydrogen) atoms. The Balaban J connectivity index is 1.50. The fourth-order valence-electron chi connectivity index (χ4n) is 3.13. The molecule has 0 radical (unpaired) electrons. The number of rotatable bonds is 6. The van der Waals surface area contributed by atoms with Gasteiger partial charge in [0.25, 0.3) is 5.91 Å². The van der Waals surface area contributed by atoms with Crippen LogP contribution in [0.2, 0.25) is 0 Å². The summed E-state index contributed by atoms with van der Waals surface area (Å²) in [5.74, 6) is -0.137. The zero-order valence-electron chi connectivity index (χ0n) is 14.7. The average Bonchev–Trinajstić information content (AvgIpc) is 2.65. The molecular weight excluding hydrogens is 310 g/mol. The van der Waals surface area contributed by atoms with Gasteiger partial charge in [-0.1, -0.05) is 36.9 Å². The molecule has 0 aliphatic heterocycles. The van der Waals surface area contributed by atoms with Crippen LogP contribution in [-0.4, -0.2) is 12.5 Å². The van der Waals surface area contributed by atoms with E-state index in [0.717, 1.165) is 29.7 Å². The fourth-order valence-corrected chi connectivity index (χ4v) is 3.13. The maximum Gasteiger partial charge on any atom is 0.257 e. The van der Waals surface area contributed by atoms with E-state index in [4.69, 9.17) is 0 Å². The lowest BCUT2D eigenvalue weighted by Crippen LogP contribution is -2.39. The zero-order chi connectivity index (χ0) is 17.6. The highest BCUT2D eigenvalue weighted by Crippen LogP contribution is 2.23. The van der Waals surface area contributed by atoms with Crippen molar-refractivity contribution in [2.75, 3.05) is 11.9 Å². The predicted octanol–water partition coefficient (Wildman–Crippen LogP) is 3.58. The van der Waals surface area contributed by atoms with Crippen LogP contribution in [0.3, 0.4) is 0 Å². The largest absolute Gasteiger partial charge is 0.376 e. The molecule has 4 heteroatoms. The Morgan fingerprint density at radius 1 is 1.04 bits per heavy atom. The molecule has 1 amide bonds. The van der Waals surface area contributed by atoms with Gasteiger partial charge in [-0.15, -0.1) is 0 Å². The van der Waals surface area contributed by atoms with Crippen molar-refractivity contribution >= 4 is 17.3 Å². The molecule has 2 aromatic carbocycles. The molecule has 0 saturated carbocycles. The highest BCUT2D eigenvalue weighted by Gasteiger charge is 2.11. The molecule has 0 bridgehead atoms. The number of nitrogens with one attached hydrogen (secondary N) is 3. The topological polar surface area (TPSA) is 53.2 Å². The Bertz CT molecular complexity index is 782. The first-order valence-electron chi connectivity index (χ1n) is 8.79. The maximum absolute atomic E-state index is 12.0. The van der Waals surface area contributed by atoms with E-state index >= 15 is 0 Å². The van der Waals surface area contributed by atoms with Crippen LogP contribution in [0, 0.1) is 6.92 Å². The van der Waals surface area contributed by atoms with Crippen molar-refractivity contribution in [3.63, 3.8) is 0 Å². The molecule has 0 unspecified atom stereocenters. The van der Waals surface area contributed by atoms with Gasteiger partial charge < -0.3 is 5.32 Å². The standard InChI is InChI=1S/C21H25N3O/c1-15-7-3-6-10-20(15)22-14-21(25)24-23-16(2)18-12-11-17-8-4-5-9-19(17)13-18/h3,6-7,10-13,22-23H,2,4-5,8-9,14H2,1H3,(H,24,25). The van der Waals surface area contributed by atoms with Gasteiger partial charge in [-0.25, -0.2) is 0 Å². The van der Waals surface area contributed by atoms with Crippen molar-refractivity contribution in [2.45, 2.75) is 32.6 Å². The molecule has 0 atom stereocenters. The van der Waals surface area contributed by atoms with E-state index in [1.165, 1.54) is 24.0 Å². The third-order valence-electron chi connectivity index (χ3n) is 4.63. The number of fused-ring (bicyclic) bond motifs is 1. The number of aryl methyl sites for hydroxylation is 3. The van der Waals surface area contributed by atoms with Crippen LogP contribution in [0.15, 0.2) is 49.0 Å². The first kappa shape index (κ1) is 17.1. The molecular formula is C21H25N3O. The summed E-state index contributed by atoms with van der Waals surface area (Å²) in [7, 11) is 0. The van der Waals surface area contributed by atoms with Gasteiger partial charge in [0.2, 0.25) is 0 Å². The summed E-state index contributed by atoms with van der Waals surface area (Å²) >= 11 is 0. The summed E-state index contributed by atoms with van der Waals surface area (Å²) in [6.45, 7) is 6.25. The van der Waals surface area contributed by atoms with Crippen LogP contribution < -0.4 is 16.2 Å². The SMILES string of the molecule is C=C(NNC(=O)CNc1ccccc1C)c1ccc2c(c1)CCCC2. The number of hydrogen-bond donors (Lipinski definition) is 3. The molecule has 1 aliphatic carbocycles. The lowest BCUT2D eigenvalue weighted by molar-refractivity contribution is -0.120. The van der Waals surface area contributed by atoms with E-state index < -0.39 is 0 Å². The van der Waals surface area contributed by atoms with Gasteiger partial charge in [-0.2, -0.15) is 0 Å². The lowest BCUT2D eigenvalue weighted by atomic mass is 9.90. The van der Waals surface area contributed by atoms with E-state index in [1.54, 1.807) is 0 Å². The van der Waals surface area contributed by atoms with Gasteiger partial charge in [0, 0.05) is 5.69 Å². The first-order valence-corrected chi connectivity index (χ1v) is 8.79.